The van der Waals surface area contributed by atoms with Crippen LogP contribution in [0.2, 0.25) is 0 Å². The number of piperidine rings is 1. The van der Waals surface area contributed by atoms with E-state index in [1.165, 1.54) is 25.0 Å². The van der Waals surface area contributed by atoms with Crippen molar-refractivity contribution in [2.75, 3.05) is 19.7 Å². The number of hydrogen-bond acceptors (Lipinski definition) is 3. The summed E-state index contributed by atoms with van der Waals surface area (Å²) in [6.45, 7) is 1.59. The monoisotopic (exact) mass is 371 g/mol. The molecule has 0 spiro atoms. The van der Waals surface area contributed by atoms with Crippen molar-refractivity contribution in [2.45, 2.75) is 50.7 Å². The van der Waals surface area contributed by atoms with Gasteiger partial charge in [-0.1, -0.05) is 18.9 Å². The molecule has 2 aliphatic rings. The number of carbonyl (C=O) groups is 1. The van der Waals surface area contributed by atoms with Crippen LogP contribution in [0.25, 0.3) is 0 Å². The van der Waals surface area contributed by atoms with Gasteiger partial charge in [-0.2, -0.15) is 13.2 Å². The fraction of sp³-hybridized carbons (Fsp3) is 0.667. The lowest BCUT2D eigenvalue weighted by Crippen LogP contribution is -2.47. The van der Waals surface area contributed by atoms with Gasteiger partial charge in [-0.3, -0.25) is 0 Å². The predicted molar refractivity (Wildman–Crippen MR) is 89.8 cm³/mol. The molecule has 5 nitrogen and oxygen atoms in total. The summed E-state index contributed by atoms with van der Waals surface area (Å²) in [5.74, 6) is 0.197. The highest BCUT2D eigenvalue weighted by molar-refractivity contribution is 5.74. The van der Waals surface area contributed by atoms with Crippen LogP contribution in [0.4, 0.5) is 18.0 Å². The number of halogens is 3. The number of rotatable bonds is 4. The van der Waals surface area contributed by atoms with Gasteiger partial charge in [0.05, 0.1) is 6.61 Å². The van der Waals surface area contributed by atoms with Gasteiger partial charge in [0.25, 0.3) is 0 Å². The van der Waals surface area contributed by atoms with E-state index in [1.54, 1.807) is 0 Å². The van der Waals surface area contributed by atoms with Crippen LogP contribution >= 0.6 is 0 Å². The van der Waals surface area contributed by atoms with Crippen LogP contribution < -0.4 is 10.1 Å². The zero-order chi connectivity index (χ0) is 18.6. The number of urea groups is 1. The zero-order valence-corrected chi connectivity index (χ0v) is 14.6. The molecule has 1 aliphatic heterocycles. The van der Waals surface area contributed by atoms with Crippen LogP contribution in [0, 0.1) is 5.92 Å². The molecular formula is C18H24F3N3O2. The highest BCUT2D eigenvalue weighted by atomic mass is 19.4. The lowest BCUT2D eigenvalue weighted by atomic mass is 9.98. The Morgan fingerprint density at radius 1 is 1.19 bits per heavy atom. The average molecular weight is 371 g/mol. The Bertz CT molecular complexity index is 610. The van der Waals surface area contributed by atoms with Gasteiger partial charge in [0, 0.05) is 25.2 Å². The lowest BCUT2D eigenvalue weighted by Gasteiger charge is -2.32. The predicted octanol–water partition coefficient (Wildman–Crippen LogP) is 3.84. The summed E-state index contributed by atoms with van der Waals surface area (Å²) in [6.07, 6.45) is 1.54. The Morgan fingerprint density at radius 2 is 1.88 bits per heavy atom. The molecule has 1 aromatic rings. The van der Waals surface area contributed by atoms with Gasteiger partial charge in [0.15, 0.2) is 0 Å². The van der Waals surface area contributed by atoms with Crippen LogP contribution in [-0.4, -0.2) is 41.7 Å². The number of likely N-dealkylation sites (tertiary alicyclic amines) is 1. The number of hydrogen-bond donors (Lipinski definition) is 1. The summed E-state index contributed by atoms with van der Waals surface area (Å²) in [7, 11) is 0. The van der Waals surface area contributed by atoms with Gasteiger partial charge in [0.2, 0.25) is 5.88 Å². The molecule has 0 radical (unpaired) electrons. The second-order valence-corrected chi connectivity index (χ2v) is 7.03. The highest BCUT2D eigenvalue weighted by Crippen LogP contribution is 2.29. The van der Waals surface area contributed by atoms with Crippen molar-refractivity contribution in [3.05, 3.63) is 23.9 Å². The summed E-state index contributed by atoms with van der Waals surface area (Å²) in [4.78, 5) is 17.6. The number of pyridine rings is 1. The van der Waals surface area contributed by atoms with Crippen LogP contribution in [0.5, 0.6) is 5.88 Å². The first-order chi connectivity index (χ1) is 12.4. The normalized spacial score (nSPS) is 19.6. The van der Waals surface area contributed by atoms with Crippen molar-refractivity contribution in [2.24, 2.45) is 5.92 Å². The number of alkyl halides is 3. The number of nitrogens with zero attached hydrogens (tertiary/aromatic N) is 2. The minimum Gasteiger partial charge on any atom is -0.477 e. The molecule has 1 N–H and O–H groups in total. The van der Waals surface area contributed by atoms with E-state index in [-0.39, 0.29) is 17.8 Å². The lowest BCUT2D eigenvalue weighted by molar-refractivity contribution is -0.141. The number of carbonyl (C=O) groups excluding carboxylic acids is 1. The fourth-order valence-corrected chi connectivity index (χ4v) is 3.50. The first-order valence-corrected chi connectivity index (χ1v) is 9.14. The largest absolute Gasteiger partial charge is 0.477 e. The quantitative estimate of drug-likeness (QED) is 0.875. The smallest absolute Gasteiger partial charge is 0.433 e. The highest BCUT2D eigenvalue weighted by Gasteiger charge is 2.33. The maximum Gasteiger partial charge on any atom is 0.433 e. The molecule has 1 aromatic heterocycles. The Hall–Kier alpha value is -1.99. The van der Waals surface area contributed by atoms with Crippen molar-refractivity contribution in [1.29, 1.82) is 0 Å². The van der Waals surface area contributed by atoms with Crippen molar-refractivity contribution in [1.82, 2.24) is 15.2 Å². The molecule has 0 bridgehead atoms. The van der Waals surface area contributed by atoms with Crippen LogP contribution in [0.1, 0.15) is 44.2 Å². The summed E-state index contributed by atoms with van der Waals surface area (Å²) >= 11 is 0. The van der Waals surface area contributed by atoms with Gasteiger partial charge >= 0.3 is 12.2 Å². The van der Waals surface area contributed by atoms with Crippen molar-refractivity contribution in [3.8, 4) is 5.88 Å². The molecule has 1 saturated carbocycles. The molecule has 1 aliphatic carbocycles. The van der Waals surface area contributed by atoms with Gasteiger partial charge in [0.1, 0.15) is 5.69 Å². The van der Waals surface area contributed by atoms with Crippen molar-refractivity contribution in [3.63, 3.8) is 0 Å². The van der Waals surface area contributed by atoms with Crippen molar-refractivity contribution >= 4 is 6.03 Å². The van der Waals surface area contributed by atoms with Gasteiger partial charge in [-0.05, 0) is 37.7 Å². The summed E-state index contributed by atoms with van der Waals surface area (Å²) in [5.41, 5.74) is -0.951. The van der Waals surface area contributed by atoms with Gasteiger partial charge < -0.3 is 15.0 Å². The Morgan fingerprint density at radius 3 is 2.54 bits per heavy atom. The molecule has 0 atom stereocenters. The molecule has 8 heteroatoms. The van der Waals surface area contributed by atoms with E-state index in [4.69, 9.17) is 4.74 Å². The molecule has 2 heterocycles. The zero-order valence-electron chi connectivity index (χ0n) is 14.6. The second-order valence-electron chi connectivity index (χ2n) is 7.03. The van der Waals surface area contributed by atoms with E-state index in [1.807, 2.05) is 4.90 Å². The molecule has 0 aromatic carbocycles. The maximum atomic E-state index is 12.7. The fourth-order valence-electron chi connectivity index (χ4n) is 3.50. The summed E-state index contributed by atoms with van der Waals surface area (Å²) < 4.78 is 43.5. The molecule has 0 unspecified atom stereocenters. The summed E-state index contributed by atoms with van der Waals surface area (Å²) in [6, 6.07) is 3.95. The minimum atomic E-state index is -4.47. The first-order valence-electron chi connectivity index (χ1n) is 9.14. The van der Waals surface area contributed by atoms with E-state index in [2.05, 4.69) is 10.3 Å². The average Bonchev–Trinajstić information content (AvgIpc) is 3.13. The SMILES string of the molecule is O=C(NC1CCCC1)N1CCC(COc2cccc(C(F)(F)F)n2)CC1. The minimum absolute atomic E-state index is 0.00388. The molecule has 144 valence electrons. The molecular weight excluding hydrogens is 347 g/mol. The number of amides is 2. The van der Waals surface area contributed by atoms with Crippen LogP contribution in [0.3, 0.4) is 0 Å². The van der Waals surface area contributed by atoms with E-state index < -0.39 is 11.9 Å². The third kappa shape index (κ3) is 5.02. The van der Waals surface area contributed by atoms with Crippen LogP contribution in [-0.2, 0) is 6.18 Å². The molecule has 1 saturated heterocycles. The van der Waals surface area contributed by atoms with Gasteiger partial charge in [-0.15, -0.1) is 0 Å². The molecule has 3 rings (SSSR count). The van der Waals surface area contributed by atoms with Crippen LogP contribution in [0.15, 0.2) is 18.2 Å². The van der Waals surface area contributed by atoms with E-state index in [0.29, 0.717) is 25.7 Å². The molecule has 2 amide bonds. The Balaban J connectivity index is 1.42. The number of aromatic nitrogens is 1. The van der Waals surface area contributed by atoms with Gasteiger partial charge in [-0.25, -0.2) is 9.78 Å². The topological polar surface area (TPSA) is 54.5 Å². The maximum absolute atomic E-state index is 12.7. The molecule has 26 heavy (non-hydrogen) atoms. The third-order valence-corrected chi connectivity index (χ3v) is 5.07. The third-order valence-electron chi connectivity index (χ3n) is 5.07. The van der Waals surface area contributed by atoms with E-state index >= 15 is 0 Å². The van der Waals surface area contributed by atoms with E-state index in [0.717, 1.165) is 31.7 Å². The first kappa shape index (κ1) is 18.8. The standard InChI is InChI=1S/C18H24F3N3O2/c19-18(20,21)15-6-3-7-16(23-15)26-12-13-8-10-24(11-9-13)17(25)22-14-4-1-2-5-14/h3,6-7,13-14H,1-2,4-5,8-12H2,(H,22,25). The summed E-state index contributed by atoms with van der Waals surface area (Å²) in [5, 5.41) is 3.08. The second kappa shape index (κ2) is 8.14. The van der Waals surface area contributed by atoms with Crippen molar-refractivity contribution < 1.29 is 22.7 Å². The number of ether oxygens (including phenoxy) is 1. The Labute approximate surface area is 150 Å². The van der Waals surface area contributed by atoms with E-state index in [9.17, 15) is 18.0 Å². The molecule has 2 fully saturated rings. The number of nitrogens with one attached hydrogen (secondary N) is 1. The Kier molecular flexibility index (Phi) is 5.88.